The summed E-state index contributed by atoms with van der Waals surface area (Å²) in [5.41, 5.74) is 5.58. The molecule has 1 aliphatic heterocycles. The lowest BCUT2D eigenvalue weighted by molar-refractivity contribution is -0.119. The molecule has 2 N–H and O–H groups in total. The Bertz CT molecular complexity index is 1340. The number of benzodiazepines with no additional fused rings is 1. The number of nitrogens with one attached hydrogen (secondary N) is 2. The Morgan fingerprint density at radius 1 is 1.06 bits per heavy atom. The zero-order valence-electron chi connectivity index (χ0n) is 19.8. The van der Waals surface area contributed by atoms with E-state index in [2.05, 4.69) is 16.7 Å². The van der Waals surface area contributed by atoms with E-state index in [0.29, 0.717) is 32.6 Å². The molecule has 1 unspecified atom stereocenters. The van der Waals surface area contributed by atoms with Crippen LogP contribution in [-0.2, 0) is 4.79 Å². The monoisotopic (exact) mass is 525 g/mol. The van der Waals surface area contributed by atoms with Crippen molar-refractivity contribution in [2.24, 2.45) is 4.99 Å². The van der Waals surface area contributed by atoms with Crippen molar-refractivity contribution in [2.45, 2.75) is 13.1 Å². The fourth-order valence-electron chi connectivity index (χ4n) is 3.86. The number of aliphatic imine (C=N–C) groups is 1. The number of fused-ring (bicyclic) bond motifs is 1. The minimum absolute atomic E-state index is 0.264. The lowest BCUT2D eigenvalue weighted by atomic mass is 10.00. The third kappa shape index (κ3) is 5.27. The number of halogens is 2. The first kappa shape index (κ1) is 25.0. The highest BCUT2D eigenvalue weighted by Gasteiger charge is 2.31. The van der Waals surface area contributed by atoms with Crippen LogP contribution in [0.4, 0.5) is 17.1 Å². The van der Waals surface area contributed by atoms with E-state index in [0.717, 1.165) is 16.9 Å². The van der Waals surface area contributed by atoms with E-state index in [1.165, 1.54) is 0 Å². The molecular weight excluding hydrogens is 501 g/mol. The molecule has 0 radical (unpaired) electrons. The maximum atomic E-state index is 13.4. The number of aryl methyl sites for hydroxylation is 1. The quantitative estimate of drug-likeness (QED) is 0.440. The Balaban J connectivity index is 1.70. The second kappa shape index (κ2) is 10.2. The van der Waals surface area contributed by atoms with Crippen molar-refractivity contribution in [3.05, 3.63) is 87.4 Å². The van der Waals surface area contributed by atoms with Crippen LogP contribution in [0.2, 0.25) is 10.0 Å². The van der Waals surface area contributed by atoms with Crippen LogP contribution in [0.15, 0.2) is 65.7 Å². The SMILES string of the molecule is Cc1cc(N(C)C)ccc1NC(=S)NC1N=C(c2ccccc2Cl)c2cc(Cl)ccc2N(C)C1=O. The molecule has 6 nitrogen and oxygen atoms in total. The molecule has 3 aromatic rings. The van der Waals surface area contributed by atoms with Gasteiger partial charge in [0.1, 0.15) is 0 Å². The topological polar surface area (TPSA) is 60.0 Å². The fourth-order valence-corrected chi connectivity index (χ4v) is 4.48. The van der Waals surface area contributed by atoms with Crippen molar-refractivity contribution >= 4 is 69.2 Å². The van der Waals surface area contributed by atoms with Gasteiger partial charge in [-0.05, 0) is 67.2 Å². The van der Waals surface area contributed by atoms with Crippen LogP contribution in [-0.4, -0.2) is 44.0 Å². The third-order valence-electron chi connectivity index (χ3n) is 5.77. The third-order valence-corrected chi connectivity index (χ3v) is 6.55. The van der Waals surface area contributed by atoms with Gasteiger partial charge in [0.25, 0.3) is 5.91 Å². The smallest absolute Gasteiger partial charge is 0.272 e. The molecule has 35 heavy (non-hydrogen) atoms. The van der Waals surface area contributed by atoms with Gasteiger partial charge in [-0.2, -0.15) is 0 Å². The summed E-state index contributed by atoms with van der Waals surface area (Å²) in [6.07, 6.45) is -0.973. The van der Waals surface area contributed by atoms with Gasteiger partial charge in [-0.25, -0.2) is 4.99 Å². The van der Waals surface area contributed by atoms with Gasteiger partial charge in [0, 0.05) is 53.7 Å². The summed E-state index contributed by atoms with van der Waals surface area (Å²) in [6, 6.07) is 18.7. The number of carbonyl (C=O) groups excluding carboxylic acids is 1. The van der Waals surface area contributed by atoms with Crippen LogP contribution < -0.4 is 20.4 Å². The summed E-state index contributed by atoms with van der Waals surface area (Å²) in [5.74, 6) is -0.264. The second-order valence-electron chi connectivity index (χ2n) is 8.41. The van der Waals surface area contributed by atoms with Crippen molar-refractivity contribution in [3.8, 4) is 0 Å². The first-order chi connectivity index (χ1) is 16.7. The van der Waals surface area contributed by atoms with Crippen molar-refractivity contribution < 1.29 is 4.79 Å². The summed E-state index contributed by atoms with van der Waals surface area (Å²) in [7, 11) is 5.68. The summed E-state index contributed by atoms with van der Waals surface area (Å²) in [5, 5.41) is 7.60. The number of benzene rings is 3. The van der Waals surface area contributed by atoms with Crippen LogP contribution in [0.3, 0.4) is 0 Å². The average molecular weight is 526 g/mol. The zero-order valence-corrected chi connectivity index (χ0v) is 22.1. The average Bonchev–Trinajstić information content (AvgIpc) is 2.91. The molecule has 1 heterocycles. The first-order valence-electron chi connectivity index (χ1n) is 10.9. The lowest BCUT2D eigenvalue weighted by Gasteiger charge is -2.22. The summed E-state index contributed by atoms with van der Waals surface area (Å²) in [4.78, 5) is 21.8. The fraction of sp³-hybridized carbons (Fsp3) is 0.192. The molecule has 0 aromatic heterocycles. The highest BCUT2D eigenvalue weighted by Crippen LogP contribution is 2.32. The highest BCUT2D eigenvalue weighted by atomic mass is 35.5. The Hall–Kier alpha value is -3.13. The Labute approximate surface area is 220 Å². The Morgan fingerprint density at radius 2 is 1.80 bits per heavy atom. The molecule has 0 saturated heterocycles. The summed E-state index contributed by atoms with van der Waals surface area (Å²) >= 11 is 18.4. The summed E-state index contributed by atoms with van der Waals surface area (Å²) < 4.78 is 0. The van der Waals surface area contributed by atoms with E-state index in [9.17, 15) is 4.79 Å². The number of rotatable bonds is 4. The normalized spacial score (nSPS) is 15.1. The van der Waals surface area contributed by atoms with Gasteiger partial charge in [0.15, 0.2) is 5.11 Å². The van der Waals surface area contributed by atoms with E-state index in [1.54, 1.807) is 36.2 Å². The van der Waals surface area contributed by atoms with Crippen LogP contribution >= 0.6 is 35.4 Å². The molecule has 4 rings (SSSR count). The Kier molecular flexibility index (Phi) is 7.31. The molecule has 0 aliphatic carbocycles. The van der Waals surface area contributed by atoms with Crippen LogP contribution in [0.5, 0.6) is 0 Å². The molecule has 0 spiro atoms. The van der Waals surface area contributed by atoms with Crippen molar-refractivity contribution in [1.29, 1.82) is 0 Å². The van der Waals surface area contributed by atoms with Gasteiger partial charge in [0.2, 0.25) is 6.17 Å². The molecule has 1 amide bonds. The van der Waals surface area contributed by atoms with Crippen LogP contribution in [0, 0.1) is 6.92 Å². The van der Waals surface area contributed by atoms with Gasteiger partial charge in [0.05, 0.1) is 11.4 Å². The van der Waals surface area contributed by atoms with E-state index < -0.39 is 6.17 Å². The van der Waals surface area contributed by atoms with E-state index >= 15 is 0 Å². The number of hydrogen-bond donors (Lipinski definition) is 2. The molecule has 0 bridgehead atoms. The predicted octanol–water partition coefficient (Wildman–Crippen LogP) is 5.49. The number of carbonyl (C=O) groups is 1. The summed E-state index contributed by atoms with van der Waals surface area (Å²) in [6.45, 7) is 2.00. The van der Waals surface area contributed by atoms with Gasteiger partial charge in [-0.1, -0.05) is 41.4 Å². The number of anilines is 3. The lowest BCUT2D eigenvalue weighted by Crippen LogP contribution is -2.47. The number of nitrogens with zero attached hydrogens (tertiary/aromatic N) is 3. The molecule has 1 aliphatic rings. The van der Waals surface area contributed by atoms with Crippen molar-refractivity contribution in [1.82, 2.24) is 5.32 Å². The zero-order chi connectivity index (χ0) is 25.3. The molecule has 1 atom stereocenters. The van der Waals surface area contributed by atoms with Crippen LogP contribution in [0.25, 0.3) is 0 Å². The van der Waals surface area contributed by atoms with Crippen molar-refractivity contribution in [3.63, 3.8) is 0 Å². The Morgan fingerprint density at radius 3 is 2.49 bits per heavy atom. The van der Waals surface area contributed by atoms with E-state index in [-0.39, 0.29) is 11.0 Å². The number of likely N-dealkylation sites (N-methyl/N-ethyl adjacent to an activating group) is 1. The van der Waals surface area contributed by atoms with Crippen molar-refractivity contribution in [2.75, 3.05) is 36.3 Å². The number of thiocarbonyl (C=S) groups is 1. The second-order valence-corrected chi connectivity index (χ2v) is 9.66. The van der Waals surface area contributed by atoms with Gasteiger partial charge in [-0.3, -0.25) is 4.79 Å². The molecule has 0 fully saturated rings. The maximum Gasteiger partial charge on any atom is 0.272 e. The van der Waals surface area contributed by atoms with Crippen LogP contribution in [0.1, 0.15) is 16.7 Å². The predicted molar refractivity (Wildman–Crippen MR) is 151 cm³/mol. The van der Waals surface area contributed by atoms with E-state index in [1.807, 2.05) is 56.3 Å². The molecule has 180 valence electrons. The molecule has 9 heteroatoms. The minimum atomic E-state index is -0.973. The molecular formula is C26H25Cl2N5OS. The minimum Gasteiger partial charge on any atom is -0.378 e. The standard InChI is InChI=1S/C26H25Cl2N5OS/c1-15-13-17(32(2)3)10-11-21(15)29-26(35)31-24-25(34)33(4)22-12-9-16(27)14-19(22)23(30-24)18-7-5-6-8-20(18)28/h5-14,24H,1-4H3,(H2,29,31,35). The highest BCUT2D eigenvalue weighted by molar-refractivity contribution is 7.80. The van der Waals surface area contributed by atoms with Gasteiger partial charge < -0.3 is 20.4 Å². The van der Waals surface area contributed by atoms with Gasteiger partial charge in [-0.15, -0.1) is 0 Å². The number of amides is 1. The molecule has 3 aromatic carbocycles. The number of hydrogen-bond acceptors (Lipinski definition) is 4. The largest absolute Gasteiger partial charge is 0.378 e. The first-order valence-corrected chi connectivity index (χ1v) is 12.1. The molecule has 0 saturated carbocycles. The maximum absolute atomic E-state index is 13.4. The van der Waals surface area contributed by atoms with Gasteiger partial charge >= 0.3 is 0 Å². The van der Waals surface area contributed by atoms with E-state index in [4.69, 9.17) is 40.4 Å².